The topological polar surface area (TPSA) is 68.9 Å². The lowest BCUT2D eigenvalue weighted by Crippen LogP contribution is -2.16. The number of amides is 1. The zero-order valence-corrected chi connectivity index (χ0v) is 10.8. The molecule has 2 aromatic rings. The third-order valence-electron chi connectivity index (χ3n) is 2.24. The quantitative estimate of drug-likeness (QED) is 0.912. The lowest BCUT2D eigenvalue weighted by atomic mass is 10.1. The molecule has 2 N–H and O–H groups in total. The molecule has 0 spiro atoms. The molecule has 1 aromatic carbocycles. The van der Waals surface area contributed by atoms with Crippen LogP contribution < -0.4 is 5.73 Å². The molecule has 6 heteroatoms. The van der Waals surface area contributed by atoms with Crippen molar-refractivity contribution in [2.45, 2.75) is 13.3 Å². The predicted octanol–water partition coefficient (Wildman–Crippen LogP) is 2.13. The highest BCUT2D eigenvalue weighted by Crippen LogP contribution is 2.15. The van der Waals surface area contributed by atoms with Crippen LogP contribution in [0.15, 0.2) is 24.3 Å². The minimum absolute atomic E-state index is 0. The normalized spacial score (nSPS) is 9.24. The molecule has 0 fully saturated rings. The maximum Gasteiger partial charge on any atom is 0.286 e. The van der Waals surface area contributed by atoms with E-state index in [1.165, 1.54) is 0 Å². The van der Waals surface area contributed by atoms with Crippen LogP contribution in [0.25, 0.3) is 10.9 Å². The number of nitrogens with two attached hydrogens (primary N) is 1. The van der Waals surface area contributed by atoms with Crippen molar-refractivity contribution in [3.05, 3.63) is 35.8 Å². The van der Waals surface area contributed by atoms with Gasteiger partial charge >= 0.3 is 0 Å². The molecule has 17 heavy (non-hydrogen) atoms. The number of para-hydroxylation sites is 1. The summed E-state index contributed by atoms with van der Waals surface area (Å²) in [4.78, 5) is 19.2. The van der Waals surface area contributed by atoms with Gasteiger partial charge in [0.15, 0.2) is 0 Å². The maximum absolute atomic E-state index is 11.0. The number of carbonyl (C=O) groups is 1. The number of primary amides is 1. The summed E-state index contributed by atoms with van der Waals surface area (Å²) >= 11 is 0. The molecule has 0 radical (unpaired) electrons. The highest BCUT2D eigenvalue weighted by atomic mass is 35.5. The predicted molar refractivity (Wildman–Crippen MR) is 71.9 cm³/mol. The molecule has 0 aliphatic carbocycles. The van der Waals surface area contributed by atoms with Crippen LogP contribution in [0.2, 0.25) is 0 Å². The first-order valence-electron chi connectivity index (χ1n) is 4.78. The summed E-state index contributed by atoms with van der Waals surface area (Å²) in [5.41, 5.74) is 6.78. The second-order valence-electron chi connectivity index (χ2n) is 3.23. The third-order valence-corrected chi connectivity index (χ3v) is 2.24. The number of carbonyl (C=O) groups excluding carboxylic acids is 1. The summed E-state index contributed by atoms with van der Waals surface area (Å²) in [6.45, 7) is 1.99. The van der Waals surface area contributed by atoms with Crippen molar-refractivity contribution in [2.24, 2.45) is 5.73 Å². The molecular formula is C11H13Cl2N3O. The van der Waals surface area contributed by atoms with Gasteiger partial charge in [0, 0.05) is 5.39 Å². The number of hydrogen-bond donors (Lipinski definition) is 1. The molecule has 0 aliphatic rings. The van der Waals surface area contributed by atoms with E-state index in [1.54, 1.807) is 0 Å². The van der Waals surface area contributed by atoms with Gasteiger partial charge in [-0.15, -0.1) is 24.8 Å². The highest BCUT2D eigenvalue weighted by molar-refractivity contribution is 5.92. The molecule has 1 aromatic heterocycles. The zero-order valence-electron chi connectivity index (χ0n) is 9.21. The summed E-state index contributed by atoms with van der Waals surface area (Å²) < 4.78 is 0. The van der Waals surface area contributed by atoms with Gasteiger partial charge in [0.05, 0.1) is 11.2 Å². The van der Waals surface area contributed by atoms with Crippen LogP contribution in [-0.4, -0.2) is 15.9 Å². The van der Waals surface area contributed by atoms with E-state index in [-0.39, 0.29) is 30.6 Å². The van der Waals surface area contributed by atoms with Crippen LogP contribution in [0.1, 0.15) is 23.2 Å². The monoisotopic (exact) mass is 273 g/mol. The van der Waals surface area contributed by atoms with Crippen LogP contribution in [0.5, 0.6) is 0 Å². The van der Waals surface area contributed by atoms with E-state index in [0.29, 0.717) is 0 Å². The Morgan fingerprint density at radius 2 is 1.88 bits per heavy atom. The first kappa shape index (κ1) is 15.6. The van der Waals surface area contributed by atoms with Crippen molar-refractivity contribution >= 4 is 41.6 Å². The smallest absolute Gasteiger partial charge is 0.286 e. The molecule has 1 amide bonds. The third kappa shape index (κ3) is 3.05. The summed E-state index contributed by atoms with van der Waals surface area (Å²) in [5.74, 6) is -0.499. The van der Waals surface area contributed by atoms with Gasteiger partial charge in [-0.25, -0.2) is 9.97 Å². The summed E-state index contributed by atoms with van der Waals surface area (Å²) in [5, 5.41) is 0.977. The molecule has 0 saturated heterocycles. The lowest BCUT2D eigenvalue weighted by Gasteiger charge is -2.04. The van der Waals surface area contributed by atoms with E-state index in [0.717, 1.165) is 23.0 Å². The van der Waals surface area contributed by atoms with Crippen molar-refractivity contribution in [3.63, 3.8) is 0 Å². The minimum Gasteiger partial charge on any atom is -0.363 e. The van der Waals surface area contributed by atoms with E-state index in [2.05, 4.69) is 9.97 Å². The van der Waals surface area contributed by atoms with E-state index < -0.39 is 5.91 Å². The molecule has 2 rings (SSSR count). The Bertz CT molecular complexity index is 531. The average Bonchev–Trinajstić information content (AvgIpc) is 2.27. The van der Waals surface area contributed by atoms with Crippen LogP contribution in [-0.2, 0) is 6.42 Å². The second kappa shape index (κ2) is 6.37. The van der Waals surface area contributed by atoms with Crippen molar-refractivity contribution in [2.75, 3.05) is 0 Å². The van der Waals surface area contributed by atoms with Crippen molar-refractivity contribution < 1.29 is 4.79 Å². The van der Waals surface area contributed by atoms with Gasteiger partial charge in [-0.2, -0.15) is 0 Å². The van der Waals surface area contributed by atoms with Gasteiger partial charge in [-0.3, -0.25) is 4.79 Å². The molecule has 0 aliphatic heterocycles. The number of benzene rings is 1. The lowest BCUT2D eigenvalue weighted by molar-refractivity contribution is 0.0990. The summed E-state index contributed by atoms with van der Waals surface area (Å²) in [6.07, 6.45) is 0.753. The Kier molecular flexibility index (Phi) is 5.85. The Labute approximate surface area is 111 Å². The Balaban J connectivity index is 0.00000128. The molecule has 0 saturated carbocycles. The van der Waals surface area contributed by atoms with Gasteiger partial charge in [-0.1, -0.05) is 25.1 Å². The minimum atomic E-state index is -0.588. The van der Waals surface area contributed by atoms with Gasteiger partial charge in [0.1, 0.15) is 0 Å². The Morgan fingerprint density at radius 1 is 1.24 bits per heavy atom. The molecule has 0 unspecified atom stereocenters. The van der Waals surface area contributed by atoms with Gasteiger partial charge in [-0.05, 0) is 12.5 Å². The summed E-state index contributed by atoms with van der Waals surface area (Å²) in [7, 11) is 0. The largest absolute Gasteiger partial charge is 0.363 e. The number of rotatable bonds is 2. The fourth-order valence-electron chi connectivity index (χ4n) is 1.52. The second-order valence-corrected chi connectivity index (χ2v) is 3.23. The molecule has 4 nitrogen and oxygen atoms in total. The SMILES string of the molecule is CCc1nc(C(N)=O)nc2ccccc12.Cl.Cl. The highest BCUT2D eigenvalue weighted by Gasteiger charge is 2.09. The molecular weight excluding hydrogens is 261 g/mol. The average molecular weight is 274 g/mol. The number of nitrogens with zero attached hydrogens (tertiary/aromatic N) is 2. The van der Waals surface area contributed by atoms with Crippen LogP contribution in [0.3, 0.4) is 0 Å². The molecule has 0 atom stereocenters. The Morgan fingerprint density at radius 3 is 2.47 bits per heavy atom. The van der Waals surface area contributed by atoms with Gasteiger partial charge < -0.3 is 5.73 Å². The van der Waals surface area contributed by atoms with E-state index >= 15 is 0 Å². The standard InChI is InChI=1S/C11H11N3O.2ClH/c1-2-8-7-5-3-4-6-9(7)14-11(13-8)10(12)15;;/h3-6H,2H2,1H3,(H2,12,15);2*1H. The maximum atomic E-state index is 11.0. The summed E-state index contributed by atoms with van der Waals surface area (Å²) in [6, 6.07) is 7.59. The van der Waals surface area contributed by atoms with Crippen molar-refractivity contribution in [3.8, 4) is 0 Å². The fourth-order valence-corrected chi connectivity index (χ4v) is 1.52. The number of halogens is 2. The van der Waals surface area contributed by atoms with E-state index in [4.69, 9.17) is 5.73 Å². The molecule has 92 valence electrons. The number of fused-ring (bicyclic) bond motifs is 1. The number of aryl methyl sites for hydroxylation is 1. The van der Waals surface area contributed by atoms with Gasteiger partial charge in [0.2, 0.25) is 5.82 Å². The van der Waals surface area contributed by atoms with E-state index in [1.807, 2.05) is 31.2 Å². The van der Waals surface area contributed by atoms with Crippen LogP contribution in [0, 0.1) is 0 Å². The van der Waals surface area contributed by atoms with E-state index in [9.17, 15) is 4.79 Å². The van der Waals surface area contributed by atoms with Crippen LogP contribution in [0.4, 0.5) is 0 Å². The van der Waals surface area contributed by atoms with Crippen molar-refractivity contribution in [1.82, 2.24) is 9.97 Å². The van der Waals surface area contributed by atoms with Gasteiger partial charge in [0.25, 0.3) is 5.91 Å². The van der Waals surface area contributed by atoms with Crippen molar-refractivity contribution in [1.29, 1.82) is 0 Å². The zero-order chi connectivity index (χ0) is 10.8. The molecule has 0 bridgehead atoms. The Hall–Kier alpha value is -1.39. The first-order valence-corrected chi connectivity index (χ1v) is 4.78. The fraction of sp³-hybridized carbons (Fsp3) is 0.182. The van der Waals surface area contributed by atoms with Crippen LogP contribution >= 0.6 is 24.8 Å². The number of aromatic nitrogens is 2. The first-order chi connectivity index (χ1) is 7.22. The molecule has 1 heterocycles. The number of hydrogen-bond acceptors (Lipinski definition) is 3.